The smallest absolute Gasteiger partial charge is 0.306 e. The highest BCUT2D eigenvalue weighted by molar-refractivity contribution is 5.98. The van der Waals surface area contributed by atoms with E-state index < -0.39 is 11.5 Å². The Morgan fingerprint density at radius 2 is 1.65 bits per heavy atom. The van der Waals surface area contributed by atoms with Gasteiger partial charge in [-0.2, -0.15) is 0 Å². The predicted molar refractivity (Wildman–Crippen MR) is 122 cm³/mol. The van der Waals surface area contributed by atoms with Gasteiger partial charge in [0.15, 0.2) is 5.78 Å². The van der Waals surface area contributed by atoms with Crippen molar-refractivity contribution >= 4 is 18.0 Å². The number of carboxylic acid groups (broad SMARTS) is 1. The van der Waals surface area contributed by atoms with E-state index in [1.54, 1.807) is 12.2 Å². The molecule has 1 atom stereocenters. The fraction of sp³-hybridized carbons (Fsp3) is 0.346. The quantitative estimate of drug-likeness (QED) is 0.472. The molecule has 31 heavy (non-hydrogen) atoms. The first kappa shape index (κ1) is 22.5. The molecule has 5 nitrogen and oxygen atoms in total. The first-order chi connectivity index (χ1) is 15.1. The van der Waals surface area contributed by atoms with E-state index in [1.165, 1.54) is 11.8 Å². The number of Topliss-reactive ketones (excluding diaryl/α,β-unsaturated/α-hetero) is 1. The minimum absolute atomic E-state index is 0.171. The zero-order chi connectivity index (χ0) is 21.9. The summed E-state index contributed by atoms with van der Waals surface area (Å²) in [5, 5.41) is 9.10. The SMILES string of the molecule is O=C(O)CC1(C(=O)CCc2ccc(OCCCCCc3ccccc3)cc2)C=CC=N1. The zero-order valence-corrected chi connectivity index (χ0v) is 17.7. The van der Waals surface area contributed by atoms with Crippen molar-refractivity contribution in [3.63, 3.8) is 0 Å². The van der Waals surface area contributed by atoms with Gasteiger partial charge >= 0.3 is 5.97 Å². The maximum atomic E-state index is 12.6. The van der Waals surface area contributed by atoms with Crippen LogP contribution in [0.15, 0.2) is 71.7 Å². The topological polar surface area (TPSA) is 76.0 Å². The molecule has 0 spiro atoms. The maximum absolute atomic E-state index is 12.6. The minimum Gasteiger partial charge on any atom is -0.494 e. The number of aliphatic imine (C=N–C) groups is 1. The van der Waals surface area contributed by atoms with E-state index in [2.05, 4.69) is 29.3 Å². The summed E-state index contributed by atoms with van der Waals surface area (Å²) in [5.41, 5.74) is 1.15. The van der Waals surface area contributed by atoms with Gasteiger partial charge in [0.05, 0.1) is 13.0 Å². The number of ether oxygens (including phenoxy) is 1. The molecule has 1 heterocycles. The lowest BCUT2D eigenvalue weighted by atomic mass is 9.88. The van der Waals surface area contributed by atoms with Gasteiger partial charge in [-0.15, -0.1) is 0 Å². The number of carbonyl (C=O) groups is 2. The molecule has 3 rings (SSSR count). The zero-order valence-electron chi connectivity index (χ0n) is 17.7. The Labute approximate surface area is 183 Å². The Kier molecular flexibility index (Phi) is 8.16. The lowest BCUT2D eigenvalue weighted by Crippen LogP contribution is -2.36. The maximum Gasteiger partial charge on any atom is 0.306 e. The number of carbonyl (C=O) groups excluding carboxylic acids is 1. The van der Waals surface area contributed by atoms with Crippen LogP contribution in [-0.2, 0) is 22.4 Å². The van der Waals surface area contributed by atoms with Crippen molar-refractivity contribution in [2.24, 2.45) is 4.99 Å². The summed E-state index contributed by atoms with van der Waals surface area (Å²) >= 11 is 0. The van der Waals surface area contributed by atoms with Gasteiger partial charge in [0, 0.05) is 12.6 Å². The minimum atomic E-state index is -1.24. The number of nitrogens with zero attached hydrogens (tertiary/aromatic N) is 1. The Morgan fingerprint density at radius 3 is 2.32 bits per heavy atom. The van der Waals surface area contributed by atoms with Gasteiger partial charge in [0.1, 0.15) is 11.3 Å². The molecule has 0 aromatic heterocycles. The first-order valence-electron chi connectivity index (χ1n) is 10.8. The Hall–Kier alpha value is -3.21. The lowest BCUT2D eigenvalue weighted by molar-refractivity contribution is -0.140. The summed E-state index contributed by atoms with van der Waals surface area (Å²) < 4.78 is 5.82. The van der Waals surface area contributed by atoms with E-state index in [0.29, 0.717) is 13.0 Å². The third kappa shape index (κ3) is 6.92. The Morgan fingerprint density at radius 1 is 0.903 bits per heavy atom. The second kappa shape index (κ2) is 11.3. The van der Waals surface area contributed by atoms with Crippen LogP contribution in [0.4, 0.5) is 0 Å². The molecular weight excluding hydrogens is 390 g/mol. The number of unbranched alkanes of at least 4 members (excludes halogenated alkanes) is 2. The third-order valence-corrected chi connectivity index (χ3v) is 5.45. The van der Waals surface area contributed by atoms with E-state index in [9.17, 15) is 9.59 Å². The van der Waals surface area contributed by atoms with Crippen LogP contribution in [0.1, 0.15) is 43.2 Å². The molecule has 0 amide bonds. The molecular formula is C26H29NO4. The Bertz CT molecular complexity index is 904. The molecule has 0 fully saturated rings. The number of allylic oxidation sites excluding steroid dienone is 1. The monoisotopic (exact) mass is 419 g/mol. The van der Waals surface area contributed by atoms with Crippen molar-refractivity contribution < 1.29 is 19.4 Å². The lowest BCUT2D eigenvalue weighted by Gasteiger charge is -2.20. The van der Waals surface area contributed by atoms with Gasteiger partial charge in [-0.05, 0) is 67.5 Å². The molecule has 162 valence electrons. The Balaban J connectivity index is 1.36. The highest BCUT2D eigenvalue weighted by atomic mass is 16.5. The molecule has 0 radical (unpaired) electrons. The van der Waals surface area contributed by atoms with Crippen LogP contribution in [0.2, 0.25) is 0 Å². The predicted octanol–water partition coefficient (Wildman–Crippen LogP) is 4.83. The number of ketones is 1. The molecule has 5 heteroatoms. The average Bonchev–Trinajstić information content (AvgIpc) is 3.25. The van der Waals surface area contributed by atoms with Crippen LogP contribution in [0, 0.1) is 0 Å². The number of carboxylic acids is 1. The first-order valence-corrected chi connectivity index (χ1v) is 10.8. The number of hydrogen-bond acceptors (Lipinski definition) is 4. The highest BCUT2D eigenvalue weighted by Crippen LogP contribution is 2.25. The normalized spacial score (nSPS) is 17.0. The van der Waals surface area contributed by atoms with Crippen molar-refractivity contribution in [2.75, 3.05) is 6.61 Å². The molecule has 1 N–H and O–H groups in total. The van der Waals surface area contributed by atoms with E-state index in [1.807, 2.05) is 30.3 Å². The van der Waals surface area contributed by atoms with E-state index in [4.69, 9.17) is 9.84 Å². The summed E-state index contributed by atoms with van der Waals surface area (Å²) in [4.78, 5) is 27.8. The van der Waals surface area contributed by atoms with Crippen LogP contribution >= 0.6 is 0 Å². The van der Waals surface area contributed by atoms with Gasteiger partial charge in [-0.1, -0.05) is 42.5 Å². The summed E-state index contributed by atoms with van der Waals surface area (Å²) in [5.74, 6) is -0.377. The van der Waals surface area contributed by atoms with Crippen molar-refractivity contribution in [3.8, 4) is 5.75 Å². The van der Waals surface area contributed by atoms with Crippen LogP contribution in [0.5, 0.6) is 5.75 Å². The fourth-order valence-corrected chi connectivity index (χ4v) is 3.69. The molecule has 2 aromatic rings. The van der Waals surface area contributed by atoms with Gasteiger partial charge < -0.3 is 9.84 Å². The van der Waals surface area contributed by atoms with Crippen LogP contribution < -0.4 is 4.74 Å². The summed E-state index contributed by atoms with van der Waals surface area (Å²) in [7, 11) is 0. The van der Waals surface area contributed by atoms with Gasteiger partial charge in [0.25, 0.3) is 0 Å². The largest absolute Gasteiger partial charge is 0.494 e. The summed E-state index contributed by atoms with van der Waals surface area (Å²) in [6.07, 6.45) is 9.60. The molecule has 0 aliphatic carbocycles. The second-order valence-electron chi connectivity index (χ2n) is 7.84. The number of benzene rings is 2. The highest BCUT2D eigenvalue weighted by Gasteiger charge is 2.38. The van der Waals surface area contributed by atoms with Crippen molar-refractivity contribution in [1.82, 2.24) is 0 Å². The standard InChI is InChI=1S/C26H29NO4/c28-24(26(20-25(29)30)17-7-18-27-26)16-13-22-11-14-23(15-12-22)31-19-6-2-5-10-21-8-3-1-4-9-21/h1,3-4,7-9,11-12,14-15,17-18H,2,5-6,10,13,16,19-20H2,(H,29,30). The molecule has 1 aliphatic rings. The number of rotatable bonds is 13. The molecule has 0 saturated heterocycles. The molecule has 0 bridgehead atoms. The van der Waals surface area contributed by atoms with E-state index in [-0.39, 0.29) is 18.6 Å². The van der Waals surface area contributed by atoms with E-state index >= 15 is 0 Å². The van der Waals surface area contributed by atoms with Crippen LogP contribution in [-0.4, -0.2) is 35.2 Å². The third-order valence-electron chi connectivity index (χ3n) is 5.45. The average molecular weight is 420 g/mol. The molecule has 2 aromatic carbocycles. The summed E-state index contributed by atoms with van der Waals surface area (Å²) in [6.45, 7) is 0.689. The van der Waals surface area contributed by atoms with Crippen LogP contribution in [0.25, 0.3) is 0 Å². The van der Waals surface area contributed by atoms with Gasteiger partial charge in [-0.25, -0.2) is 0 Å². The molecule has 0 saturated carbocycles. The van der Waals surface area contributed by atoms with Gasteiger partial charge in [-0.3, -0.25) is 14.6 Å². The van der Waals surface area contributed by atoms with Crippen molar-refractivity contribution in [3.05, 3.63) is 77.9 Å². The molecule has 1 unspecified atom stereocenters. The van der Waals surface area contributed by atoms with Crippen molar-refractivity contribution in [1.29, 1.82) is 0 Å². The van der Waals surface area contributed by atoms with Gasteiger partial charge in [0.2, 0.25) is 0 Å². The van der Waals surface area contributed by atoms with Crippen LogP contribution in [0.3, 0.4) is 0 Å². The van der Waals surface area contributed by atoms with E-state index in [0.717, 1.165) is 37.0 Å². The fourth-order valence-electron chi connectivity index (χ4n) is 3.69. The number of aryl methyl sites for hydroxylation is 2. The summed E-state index contributed by atoms with van der Waals surface area (Å²) in [6, 6.07) is 18.3. The molecule has 1 aliphatic heterocycles. The second-order valence-corrected chi connectivity index (χ2v) is 7.84. The van der Waals surface area contributed by atoms with Crippen molar-refractivity contribution in [2.45, 2.75) is 50.5 Å². The number of aliphatic carboxylic acids is 1. The number of hydrogen-bond donors (Lipinski definition) is 1.